The van der Waals surface area contributed by atoms with E-state index in [1.165, 1.54) is 4.68 Å². The maximum atomic E-state index is 12.9. The van der Waals surface area contributed by atoms with Gasteiger partial charge in [-0.3, -0.25) is 14.5 Å². The van der Waals surface area contributed by atoms with Crippen LogP contribution in [0.5, 0.6) is 0 Å². The predicted octanol–water partition coefficient (Wildman–Crippen LogP) is 1.97. The van der Waals surface area contributed by atoms with Gasteiger partial charge in [0.05, 0.1) is 12.6 Å². The normalized spacial score (nSPS) is 12.6. The van der Waals surface area contributed by atoms with Crippen molar-refractivity contribution in [1.29, 1.82) is 0 Å². The molecule has 1 unspecified atom stereocenters. The lowest BCUT2D eigenvalue weighted by atomic mass is 10.00. The van der Waals surface area contributed by atoms with Crippen LogP contribution < -0.4 is 5.56 Å². The first-order valence-electron chi connectivity index (χ1n) is 11.2. The quantitative estimate of drug-likeness (QED) is 0.420. The number of tetrazole rings is 1. The van der Waals surface area contributed by atoms with E-state index in [1.54, 1.807) is 6.92 Å². The molecule has 1 aromatic carbocycles. The first-order chi connectivity index (χ1) is 15.8. The number of rotatable bonds is 11. The van der Waals surface area contributed by atoms with Crippen molar-refractivity contribution in [2.24, 2.45) is 5.92 Å². The fraction of sp³-hybridized carbons (Fsp3) is 0.522. The zero-order valence-corrected chi connectivity index (χ0v) is 19.6. The standard InChI is InChI=1S/C23H32N6O4/c1-5-33-20(31)14-29-22(25-26-27-29)21(15(2)3)28(9-6-10-30)13-18-12-17-8-7-16(4)11-19(17)24-23(18)32/h7-8,11-12,15,21,30H,5-6,9-10,13-14H2,1-4H3,(H,24,32). The Morgan fingerprint density at radius 3 is 2.79 bits per heavy atom. The highest BCUT2D eigenvalue weighted by Crippen LogP contribution is 2.28. The summed E-state index contributed by atoms with van der Waals surface area (Å²) in [7, 11) is 0. The number of aryl methyl sites for hydroxylation is 1. The number of aromatic amines is 1. The minimum absolute atomic E-state index is 0.0163. The van der Waals surface area contributed by atoms with E-state index in [0.29, 0.717) is 30.9 Å². The zero-order chi connectivity index (χ0) is 24.0. The van der Waals surface area contributed by atoms with Crippen molar-refractivity contribution in [3.63, 3.8) is 0 Å². The van der Waals surface area contributed by atoms with Gasteiger partial charge in [-0.1, -0.05) is 26.0 Å². The number of aromatic nitrogens is 5. The summed E-state index contributed by atoms with van der Waals surface area (Å²) >= 11 is 0. The van der Waals surface area contributed by atoms with Crippen molar-refractivity contribution >= 4 is 16.9 Å². The Balaban J connectivity index is 1.97. The highest BCUT2D eigenvalue weighted by Gasteiger charge is 2.30. The predicted molar refractivity (Wildman–Crippen MR) is 123 cm³/mol. The van der Waals surface area contributed by atoms with Crippen LogP contribution in [0.15, 0.2) is 29.1 Å². The topological polar surface area (TPSA) is 126 Å². The van der Waals surface area contributed by atoms with E-state index in [9.17, 15) is 14.7 Å². The van der Waals surface area contributed by atoms with E-state index in [4.69, 9.17) is 4.74 Å². The van der Waals surface area contributed by atoms with Crippen LogP contribution in [0.2, 0.25) is 0 Å². The Hall–Kier alpha value is -3.11. The minimum atomic E-state index is -0.420. The number of carbonyl (C=O) groups is 1. The highest BCUT2D eigenvalue weighted by molar-refractivity contribution is 5.79. The molecule has 0 radical (unpaired) electrons. The fourth-order valence-corrected chi connectivity index (χ4v) is 4.03. The third kappa shape index (κ3) is 6.02. The third-order valence-corrected chi connectivity index (χ3v) is 5.49. The zero-order valence-electron chi connectivity index (χ0n) is 19.6. The number of aliphatic hydroxyl groups is 1. The number of benzene rings is 1. The number of carbonyl (C=O) groups excluding carboxylic acids is 1. The summed E-state index contributed by atoms with van der Waals surface area (Å²) in [5, 5.41) is 22.4. The van der Waals surface area contributed by atoms with Crippen LogP contribution in [0.1, 0.15) is 50.2 Å². The molecule has 10 nitrogen and oxygen atoms in total. The first kappa shape index (κ1) is 24.5. The third-order valence-electron chi connectivity index (χ3n) is 5.49. The highest BCUT2D eigenvalue weighted by atomic mass is 16.5. The maximum absolute atomic E-state index is 12.9. The molecule has 0 spiro atoms. The molecule has 2 N–H and O–H groups in total. The minimum Gasteiger partial charge on any atom is -0.465 e. The Labute approximate surface area is 192 Å². The lowest BCUT2D eigenvalue weighted by molar-refractivity contribution is -0.144. The van der Waals surface area contributed by atoms with Crippen LogP contribution in [-0.2, 0) is 22.6 Å². The second kappa shape index (κ2) is 11.2. The van der Waals surface area contributed by atoms with Gasteiger partial charge in [0.15, 0.2) is 5.82 Å². The van der Waals surface area contributed by atoms with Crippen molar-refractivity contribution in [3.05, 3.63) is 51.6 Å². The molecule has 2 heterocycles. The number of hydrogen-bond acceptors (Lipinski definition) is 8. The maximum Gasteiger partial charge on any atom is 0.327 e. The summed E-state index contributed by atoms with van der Waals surface area (Å²) in [5.74, 6) is 0.165. The molecule has 0 bridgehead atoms. The van der Waals surface area contributed by atoms with Crippen LogP contribution in [0, 0.1) is 12.8 Å². The SMILES string of the molecule is CCOC(=O)Cn1nnnc1C(C(C)C)N(CCCO)Cc1cc2ccc(C)cc2[nH]c1=O. The fourth-order valence-electron chi connectivity index (χ4n) is 4.03. The molecule has 3 aromatic rings. The number of ether oxygens (including phenoxy) is 1. The van der Waals surface area contributed by atoms with Gasteiger partial charge in [-0.15, -0.1) is 5.10 Å². The molecule has 0 amide bonds. The van der Waals surface area contributed by atoms with E-state index in [-0.39, 0.29) is 37.3 Å². The Morgan fingerprint density at radius 2 is 2.09 bits per heavy atom. The molecule has 0 aliphatic rings. The van der Waals surface area contributed by atoms with E-state index >= 15 is 0 Å². The number of hydrogen-bond donors (Lipinski definition) is 2. The number of H-pyrrole nitrogens is 1. The summed E-state index contributed by atoms with van der Waals surface area (Å²) in [6, 6.07) is 7.56. The lowest BCUT2D eigenvalue weighted by Crippen LogP contribution is -2.37. The second-order valence-electron chi connectivity index (χ2n) is 8.45. The number of fused-ring (bicyclic) bond motifs is 1. The van der Waals surface area contributed by atoms with Gasteiger partial charge in [0.2, 0.25) is 0 Å². The van der Waals surface area contributed by atoms with Gasteiger partial charge in [-0.25, -0.2) is 4.68 Å². The van der Waals surface area contributed by atoms with E-state index in [1.807, 2.05) is 45.0 Å². The number of nitrogens with zero attached hydrogens (tertiary/aromatic N) is 5. The molecule has 0 saturated carbocycles. The van der Waals surface area contributed by atoms with Gasteiger partial charge in [-0.05, 0) is 59.7 Å². The Morgan fingerprint density at radius 1 is 1.30 bits per heavy atom. The van der Waals surface area contributed by atoms with Crippen LogP contribution >= 0.6 is 0 Å². The van der Waals surface area contributed by atoms with Crippen molar-refractivity contribution in [2.45, 2.75) is 53.2 Å². The largest absolute Gasteiger partial charge is 0.465 e. The lowest BCUT2D eigenvalue weighted by Gasteiger charge is -2.33. The summed E-state index contributed by atoms with van der Waals surface area (Å²) in [6.07, 6.45) is 0.521. The molecule has 1 atom stereocenters. The molecule has 0 aliphatic carbocycles. The van der Waals surface area contributed by atoms with E-state index in [2.05, 4.69) is 25.4 Å². The molecule has 3 rings (SSSR count). The van der Waals surface area contributed by atoms with Gasteiger partial charge in [0, 0.05) is 30.8 Å². The molecular weight excluding hydrogens is 424 g/mol. The number of esters is 1. The molecule has 0 fully saturated rings. The van der Waals surface area contributed by atoms with E-state index < -0.39 is 5.97 Å². The molecule has 178 valence electrons. The van der Waals surface area contributed by atoms with Gasteiger partial charge in [0.1, 0.15) is 6.54 Å². The van der Waals surface area contributed by atoms with Gasteiger partial charge < -0.3 is 14.8 Å². The first-order valence-corrected chi connectivity index (χ1v) is 11.2. The van der Waals surface area contributed by atoms with Crippen molar-refractivity contribution < 1.29 is 14.6 Å². The molecule has 33 heavy (non-hydrogen) atoms. The summed E-state index contributed by atoms with van der Waals surface area (Å²) in [6.45, 7) is 8.86. The average Bonchev–Trinajstić information content (AvgIpc) is 3.19. The Kier molecular flexibility index (Phi) is 8.29. The number of nitrogens with one attached hydrogen (secondary N) is 1. The summed E-state index contributed by atoms with van der Waals surface area (Å²) in [4.78, 5) is 30.0. The van der Waals surface area contributed by atoms with Gasteiger partial charge in [0.25, 0.3) is 5.56 Å². The van der Waals surface area contributed by atoms with Crippen LogP contribution in [0.4, 0.5) is 0 Å². The molecule has 0 aliphatic heterocycles. The second-order valence-corrected chi connectivity index (χ2v) is 8.45. The van der Waals surface area contributed by atoms with Crippen LogP contribution in [-0.4, -0.2) is 60.9 Å². The van der Waals surface area contributed by atoms with Gasteiger partial charge >= 0.3 is 5.97 Å². The van der Waals surface area contributed by atoms with Crippen molar-refractivity contribution in [2.75, 3.05) is 19.8 Å². The van der Waals surface area contributed by atoms with Crippen molar-refractivity contribution in [1.82, 2.24) is 30.1 Å². The van der Waals surface area contributed by atoms with Crippen molar-refractivity contribution in [3.8, 4) is 0 Å². The summed E-state index contributed by atoms with van der Waals surface area (Å²) < 4.78 is 6.50. The molecule has 10 heteroatoms. The molecule has 2 aromatic heterocycles. The molecule has 0 saturated heterocycles. The van der Waals surface area contributed by atoms with Gasteiger partial charge in [-0.2, -0.15) is 0 Å². The number of aliphatic hydroxyl groups excluding tert-OH is 1. The Bertz CT molecular complexity index is 1140. The van der Waals surface area contributed by atoms with E-state index in [0.717, 1.165) is 16.5 Å². The number of pyridine rings is 1. The smallest absolute Gasteiger partial charge is 0.327 e. The monoisotopic (exact) mass is 456 g/mol. The van der Waals surface area contributed by atoms with Crippen LogP contribution in [0.25, 0.3) is 10.9 Å². The molecular formula is C23H32N6O4. The summed E-state index contributed by atoms with van der Waals surface area (Å²) in [5.41, 5.74) is 2.32. The average molecular weight is 457 g/mol. The van der Waals surface area contributed by atoms with Crippen LogP contribution in [0.3, 0.4) is 0 Å².